The highest BCUT2D eigenvalue weighted by atomic mass is 16.5. The van der Waals surface area contributed by atoms with Crippen molar-refractivity contribution in [1.82, 2.24) is 10.2 Å². The van der Waals surface area contributed by atoms with Gasteiger partial charge < -0.3 is 15.0 Å². The number of para-hydroxylation sites is 1. The molecule has 1 aliphatic rings. The van der Waals surface area contributed by atoms with Crippen molar-refractivity contribution in [1.29, 1.82) is 0 Å². The van der Waals surface area contributed by atoms with E-state index < -0.39 is 0 Å². The molecule has 1 fully saturated rings. The summed E-state index contributed by atoms with van der Waals surface area (Å²) < 4.78 is 5.91. The zero-order valence-corrected chi connectivity index (χ0v) is 15.3. The van der Waals surface area contributed by atoms with E-state index in [2.05, 4.69) is 12.2 Å². The Hall–Kier alpha value is -2.30. The van der Waals surface area contributed by atoms with E-state index in [0.29, 0.717) is 6.54 Å². The molecule has 1 aromatic rings. The van der Waals surface area contributed by atoms with Crippen LogP contribution in [0.1, 0.15) is 45.6 Å². The number of hydrogen-bond acceptors (Lipinski definition) is 3. The van der Waals surface area contributed by atoms with E-state index in [1.165, 1.54) is 6.92 Å². The number of carbonyl (C=O) groups excluding carboxylic acids is 2. The molecule has 1 aliphatic heterocycles. The van der Waals surface area contributed by atoms with Crippen molar-refractivity contribution in [2.45, 2.75) is 52.2 Å². The lowest BCUT2D eigenvalue weighted by Gasteiger charge is -2.32. The highest BCUT2D eigenvalue weighted by Gasteiger charge is 2.22. The SMILES string of the molecule is CC[C@H](C)Oc1ccccc1/C=C\C(=O)N1CCC[C@H](NC(C)=O)C1. The van der Waals surface area contributed by atoms with E-state index in [1.54, 1.807) is 11.0 Å². The van der Waals surface area contributed by atoms with Crippen LogP contribution in [0.25, 0.3) is 6.08 Å². The van der Waals surface area contributed by atoms with Gasteiger partial charge in [-0.05, 0) is 38.3 Å². The Morgan fingerprint density at radius 3 is 2.88 bits per heavy atom. The highest BCUT2D eigenvalue weighted by Crippen LogP contribution is 2.22. The van der Waals surface area contributed by atoms with Gasteiger partial charge in [0, 0.05) is 37.7 Å². The molecule has 136 valence electrons. The highest BCUT2D eigenvalue weighted by molar-refractivity contribution is 5.92. The van der Waals surface area contributed by atoms with E-state index in [9.17, 15) is 9.59 Å². The predicted molar refractivity (Wildman–Crippen MR) is 99.3 cm³/mol. The van der Waals surface area contributed by atoms with Crippen LogP contribution in [-0.2, 0) is 9.59 Å². The minimum atomic E-state index is -0.0500. The van der Waals surface area contributed by atoms with E-state index in [1.807, 2.05) is 37.3 Å². The standard InChI is InChI=1S/C20H28N2O3/c1-4-15(2)25-19-10-6-5-8-17(19)11-12-20(24)22-13-7-9-18(14-22)21-16(3)23/h5-6,8,10-12,15,18H,4,7,9,13-14H2,1-3H3,(H,21,23)/b12-11-/t15-,18-/m0/s1. The maximum Gasteiger partial charge on any atom is 0.246 e. The van der Waals surface area contributed by atoms with Crippen LogP contribution in [0.3, 0.4) is 0 Å². The summed E-state index contributed by atoms with van der Waals surface area (Å²) in [4.78, 5) is 25.5. The van der Waals surface area contributed by atoms with Crippen LogP contribution in [0.15, 0.2) is 30.3 Å². The second-order valence-electron chi connectivity index (χ2n) is 6.53. The van der Waals surface area contributed by atoms with Crippen molar-refractivity contribution in [2.24, 2.45) is 0 Å². The fourth-order valence-corrected chi connectivity index (χ4v) is 2.87. The summed E-state index contributed by atoms with van der Waals surface area (Å²) in [5.41, 5.74) is 0.895. The lowest BCUT2D eigenvalue weighted by Crippen LogP contribution is -2.48. The molecule has 0 radical (unpaired) electrons. The molecule has 0 saturated carbocycles. The fraction of sp³-hybridized carbons (Fsp3) is 0.500. The summed E-state index contributed by atoms with van der Waals surface area (Å²) in [5.74, 6) is 0.704. The number of amides is 2. The van der Waals surface area contributed by atoms with Crippen LogP contribution < -0.4 is 10.1 Å². The Morgan fingerprint density at radius 2 is 2.16 bits per heavy atom. The maximum absolute atomic E-state index is 12.5. The lowest BCUT2D eigenvalue weighted by atomic mass is 10.1. The Balaban J connectivity index is 2.01. The number of nitrogens with one attached hydrogen (secondary N) is 1. The van der Waals surface area contributed by atoms with Gasteiger partial charge in [-0.15, -0.1) is 0 Å². The number of nitrogens with zero attached hydrogens (tertiary/aromatic N) is 1. The number of rotatable bonds is 6. The van der Waals surface area contributed by atoms with Crippen molar-refractivity contribution < 1.29 is 14.3 Å². The van der Waals surface area contributed by atoms with Crippen molar-refractivity contribution >= 4 is 17.9 Å². The second-order valence-corrected chi connectivity index (χ2v) is 6.53. The summed E-state index contributed by atoms with van der Waals surface area (Å²) in [6.45, 7) is 6.91. The van der Waals surface area contributed by atoms with Crippen LogP contribution in [0.5, 0.6) is 5.75 Å². The zero-order chi connectivity index (χ0) is 18.2. The van der Waals surface area contributed by atoms with Gasteiger partial charge in [-0.25, -0.2) is 0 Å². The molecule has 0 bridgehead atoms. The van der Waals surface area contributed by atoms with Crippen molar-refractivity contribution in [3.63, 3.8) is 0 Å². The van der Waals surface area contributed by atoms with Gasteiger partial charge in [-0.1, -0.05) is 25.1 Å². The van der Waals surface area contributed by atoms with Gasteiger partial charge in [0.2, 0.25) is 11.8 Å². The Morgan fingerprint density at radius 1 is 1.40 bits per heavy atom. The molecule has 0 unspecified atom stereocenters. The first-order chi connectivity index (χ1) is 12.0. The number of ether oxygens (including phenoxy) is 1. The molecule has 2 amide bonds. The number of hydrogen-bond donors (Lipinski definition) is 1. The lowest BCUT2D eigenvalue weighted by molar-refractivity contribution is -0.128. The first kappa shape index (κ1) is 19.0. The Bertz CT molecular complexity index is 627. The fourth-order valence-electron chi connectivity index (χ4n) is 2.87. The Kier molecular flexibility index (Phi) is 7.04. The first-order valence-electron chi connectivity index (χ1n) is 8.99. The number of carbonyl (C=O) groups is 2. The molecular weight excluding hydrogens is 316 g/mol. The van der Waals surface area contributed by atoms with Gasteiger partial charge in [-0.2, -0.15) is 0 Å². The van der Waals surface area contributed by atoms with Crippen molar-refractivity contribution in [3.8, 4) is 5.75 Å². The van der Waals surface area contributed by atoms with Gasteiger partial charge in [0.05, 0.1) is 6.10 Å². The molecule has 0 aliphatic carbocycles. The molecule has 2 atom stereocenters. The minimum Gasteiger partial charge on any atom is -0.490 e. The molecule has 0 aromatic heterocycles. The van der Waals surface area contributed by atoms with Crippen molar-refractivity contribution in [3.05, 3.63) is 35.9 Å². The number of likely N-dealkylation sites (tertiary alicyclic amines) is 1. The topological polar surface area (TPSA) is 58.6 Å². The van der Waals surface area contributed by atoms with Crippen LogP contribution in [0.4, 0.5) is 0 Å². The van der Waals surface area contributed by atoms with E-state index in [-0.39, 0.29) is 24.0 Å². The summed E-state index contributed by atoms with van der Waals surface area (Å²) in [6, 6.07) is 7.77. The number of piperidine rings is 1. The summed E-state index contributed by atoms with van der Waals surface area (Å²) in [7, 11) is 0. The van der Waals surface area contributed by atoms with Gasteiger partial charge in [0.15, 0.2) is 0 Å². The van der Waals surface area contributed by atoms with Gasteiger partial charge in [0.25, 0.3) is 0 Å². The third-order valence-electron chi connectivity index (χ3n) is 4.37. The van der Waals surface area contributed by atoms with E-state index in [0.717, 1.165) is 37.1 Å². The first-order valence-corrected chi connectivity index (χ1v) is 8.99. The molecule has 1 N–H and O–H groups in total. The van der Waals surface area contributed by atoms with Crippen LogP contribution in [0, 0.1) is 0 Å². The average molecular weight is 344 g/mol. The Labute approximate surface area is 150 Å². The summed E-state index contributed by atoms with van der Waals surface area (Å²) >= 11 is 0. The molecule has 2 rings (SSSR count). The molecule has 1 saturated heterocycles. The molecule has 1 heterocycles. The van der Waals surface area contributed by atoms with E-state index >= 15 is 0 Å². The molecular formula is C20H28N2O3. The largest absolute Gasteiger partial charge is 0.490 e. The van der Waals surface area contributed by atoms with Crippen LogP contribution >= 0.6 is 0 Å². The third kappa shape index (κ3) is 5.93. The van der Waals surface area contributed by atoms with Crippen LogP contribution in [0.2, 0.25) is 0 Å². The van der Waals surface area contributed by atoms with Gasteiger partial charge in [-0.3, -0.25) is 9.59 Å². The number of benzene rings is 1. The second kappa shape index (κ2) is 9.25. The zero-order valence-electron chi connectivity index (χ0n) is 15.3. The molecule has 1 aromatic carbocycles. The quantitative estimate of drug-likeness (QED) is 0.807. The summed E-state index contributed by atoms with van der Waals surface area (Å²) in [5, 5.41) is 2.90. The predicted octanol–water partition coefficient (Wildman–Crippen LogP) is 3.00. The molecule has 5 heteroatoms. The molecule has 25 heavy (non-hydrogen) atoms. The summed E-state index contributed by atoms with van der Waals surface area (Å²) in [6.07, 6.45) is 6.27. The van der Waals surface area contributed by atoms with E-state index in [4.69, 9.17) is 4.74 Å². The van der Waals surface area contributed by atoms with Crippen LogP contribution in [-0.4, -0.2) is 41.9 Å². The van der Waals surface area contributed by atoms with Gasteiger partial charge >= 0.3 is 0 Å². The smallest absolute Gasteiger partial charge is 0.246 e. The average Bonchev–Trinajstić information content (AvgIpc) is 2.60. The minimum absolute atomic E-state index is 0.0339. The monoisotopic (exact) mass is 344 g/mol. The molecule has 5 nitrogen and oxygen atoms in total. The van der Waals surface area contributed by atoms with Crippen molar-refractivity contribution in [2.75, 3.05) is 13.1 Å². The maximum atomic E-state index is 12.5. The molecule has 0 spiro atoms. The normalized spacial score (nSPS) is 18.8. The third-order valence-corrected chi connectivity index (χ3v) is 4.37. The van der Waals surface area contributed by atoms with Gasteiger partial charge in [0.1, 0.15) is 5.75 Å².